The van der Waals surface area contributed by atoms with Gasteiger partial charge in [0.25, 0.3) is 5.69 Å². The molecule has 0 amide bonds. The third-order valence-electron chi connectivity index (χ3n) is 2.78. The van der Waals surface area contributed by atoms with Crippen LogP contribution in [0.3, 0.4) is 0 Å². The van der Waals surface area contributed by atoms with Crippen LogP contribution in [0.4, 0.5) is 11.4 Å². The maximum atomic E-state index is 11.7. The van der Waals surface area contributed by atoms with Crippen LogP contribution in [0.1, 0.15) is 10.4 Å². The summed E-state index contributed by atoms with van der Waals surface area (Å²) < 4.78 is 5.06. The molecule has 0 aliphatic heterocycles. The maximum Gasteiger partial charge on any atom is 0.340 e. The first-order chi connectivity index (χ1) is 9.93. The quantitative estimate of drug-likeness (QED) is 0.394. The number of hydrogen-bond acceptors (Lipinski definition) is 6. The summed E-state index contributed by atoms with van der Waals surface area (Å²) in [4.78, 5) is 26.0. The van der Waals surface area contributed by atoms with Crippen LogP contribution in [-0.2, 0) is 4.74 Å². The first kappa shape index (κ1) is 14.9. The van der Waals surface area contributed by atoms with Gasteiger partial charge in [0.1, 0.15) is 4.60 Å². The number of benzene rings is 1. The van der Waals surface area contributed by atoms with E-state index in [2.05, 4.69) is 25.7 Å². The summed E-state index contributed by atoms with van der Waals surface area (Å²) in [5.41, 5.74) is 7.13. The van der Waals surface area contributed by atoms with Crippen molar-refractivity contribution in [1.82, 2.24) is 4.98 Å². The van der Waals surface area contributed by atoms with Gasteiger partial charge >= 0.3 is 5.97 Å². The number of ether oxygens (including phenoxy) is 1. The van der Waals surface area contributed by atoms with E-state index in [4.69, 9.17) is 5.73 Å². The normalized spacial score (nSPS) is 10.2. The van der Waals surface area contributed by atoms with Crippen molar-refractivity contribution in [3.63, 3.8) is 0 Å². The molecule has 108 valence electrons. The van der Waals surface area contributed by atoms with Crippen LogP contribution in [0, 0.1) is 10.1 Å². The van der Waals surface area contributed by atoms with E-state index in [9.17, 15) is 14.9 Å². The largest absolute Gasteiger partial charge is 0.465 e. The number of anilines is 1. The van der Waals surface area contributed by atoms with Crippen molar-refractivity contribution in [2.75, 3.05) is 12.8 Å². The molecule has 0 aliphatic rings. The highest BCUT2D eigenvalue weighted by molar-refractivity contribution is 9.10. The molecule has 2 rings (SSSR count). The smallest absolute Gasteiger partial charge is 0.340 e. The number of non-ortho nitro benzene ring substituents is 1. The molecule has 2 aromatic rings. The molecule has 0 fully saturated rings. The van der Waals surface area contributed by atoms with Crippen molar-refractivity contribution in [2.45, 2.75) is 0 Å². The van der Waals surface area contributed by atoms with E-state index in [-0.39, 0.29) is 16.9 Å². The number of esters is 1. The minimum absolute atomic E-state index is 0.0412. The van der Waals surface area contributed by atoms with Gasteiger partial charge in [0.15, 0.2) is 0 Å². The van der Waals surface area contributed by atoms with Crippen LogP contribution >= 0.6 is 15.9 Å². The lowest BCUT2D eigenvalue weighted by Gasteiger charge is -2.10. The lowest BCUT2D eigenvalue weighted by Crippen LogP contribution is -2.08. The summed E-state index contributed by atoms with van der Waals surface area (Å²) in [7, 11) is 1.25. The second-order valence-corrected chi connectivity index (χ2v) is 4.86. The molecule has 0 unspecified atom stereocenters. The predicted octanol–water partition coefficient (Wildman–Crippen LogP) is 2.79. The molecule has 1 aromatic carbocycles. The van der Waals surface area contributed by atoms with E-state index >= 15 is 0 Å². The second-order valence-electron chi connectivity index (χ2n) is 4.05. The number of nitrogens with two attached hydrogens (primary N) is 1. The minimum Gasteiger partial charge on any atom is -0.465 e. The molecule has 0 bridgehead atoms. The van der Waals surface area contributed by atoms with Crippen LogP contribution in [0.15, 0.2) is 34.9 Å². The summed E-state index contributed by atoms with van der Waals surface area (Å²) >= 11 is 3.20. The first-order valence-electron chi connectivity index (χ1n) is 5.73. The zero-order valence-electron chi connectivity index (χ0n) is 10.9. The zero-order chi connectivity index (χ0) is 15.6. The highest BCUT2D eigenvalue weighted by atomic mass is 79.9. The molecule has 1 aromatic heterocycles. The molecule has 0 aliphatic carbocycles. The van der Waals surface area contributed by atoms with Crippen molar-refractivity contribution in [1.29, 1.82) is 0 Å². The Hall–Kier alpha value is -2.48. The Morgan fingerprint density at radius 3 is 2.52 bits per heavy atom. The van der Waals surface area contributed by atoms with Crippen LogP contribution in [0.2, 0.25) is 0 Å². The highest BCUT2D eigenvalue weighted by Gasteiger charge is 2.17. The van der Waals surface area contributed by atoms with Gasteiger partial charge in [0, 0.05) is 17.7 Å². The average Bonchev–Trinajstić information content (AvgIpc) is 2.48. The molecule has 0 saturated carbocycles. The number of aromatic nitrogens is 1. The number of carbonyl (C=O) groups excluding carboxylic acids is 1. The van der Waals surface area contributed by atoms with Gasteiger partial charge in [-0.25, -0.2) is 9.78 Å². The van der Waals surface area contributed by atoms with Crippen molar-refractivity contribution in [3.8, 4) is 11.3 Å². The van der Waals surface area contributed by atoms with Gasteiger partial charge in [0.2, 0.25) is 0 Å². The number of nitro benzene ring substituents is 1. The van der Waals surface area contributed by atoms with Gasteiger partial charge in [-0.15, -0.1) is 0 Å². The van der Waals surface area contributed by atoms with Crippen molar-refractivity contribution < 1.29 is 14.5 Å². The van der Waals surface area contributed by atoms with E-state index in [0.29, 0.717) is 15.9 Å². The van der Waals surface area contributed by atoms with Gasteiger partial charge in [-0.3, -0.25) is 10.1 Å². The number of hydrogen-bond donors (Lipinski definition) is 1. The molecule has 0 atom stereocenters. The summed E-state index contributed by atoms with van der Waals surface area (Å²) in [6, 6.07) is 7.18. The first-order valence-corrected chi connectivity index (χ1v) is 6.52. The number of methoxy groups -OCH3 is 1. The maximum absolute atomic E-state index is 11.7. The summed E-state index contributed by atoms with van der Waals surface area (Å²) in [6.45, 7) is 0. The van der Waals surface area contributed by atoms with E-state index in [1.165, 1.54) is 37.4 Å². The number of nitro groups is 1. The third-order valence-corrected chi connectivity index (χ3v) is 3.19. The van der Waals surface area contributed by atoms with Crippen LogP contribution in [0.25, 0.3) is 11.3 Å². The molecular weight excluding hydrogens is 342 g/mol. The second kappa shape index (κ2) is 5.88. The summed E-state index contributed by atoms with van der Waals surface area (Å²) in [6.07, 6.45) is 0. The van der Waals surface area contributed by atoms with Gasteiger partial charge in [-0.2, -0.15) is 0 Å². The Labute approximate surface area is 128 Å². The number of nitrogen functional groups attached to an aromatic ring is 1. The number of carbonyl (C=O) groups is 1. The monoisotopic (exact) mass is 351 g/mol. The SMILES string of the molecule is COC(=O)c1cc(Br)nc(-c2ccc([N+](=O)[O-])cc2)c1N. The number of pyridine rings is 1. The number of halogens is 1. The predicted molar refractivity (Wildman–Crippen MR) is 79.8 cm³/mol. The zero-order valence-corrected chi connectivity index (χ0v) is 12.5. The molecule has 0 saturated heterocycles. The van der Waals surface area contributed by atoms with Crippen LogP contribution < -0.4 is 5.73 Å². The van der Waals surface area contributed by atoms with Crippen molar-refractivity contribution in [3.05, 3.63) is 50.6 Å². The van der Waals surface area contributed by atoms with Gasteiger partial charge in [0.05, 0.1) is 29.0 Å². The van der Waals surface area contributed by atoms with E-state index in [1.807, 2.05) is 0 Å². The van der Waals surface area contributed by atoms with E-state index in [0.717, 1.165) is 0 Å². The highest BCUT2D eigenvalue weighted by Crippen LogP contribution is 2.30. The fraction of sp³-hybridized carbons (Fsp3) is 0.0769. The lowest BCUT2D eigenvalue weighted by atomic mass is 10.1. The third kappa shape index (κ3) is 3.00. The minimum atomic E-state index is -0.584. The van der Waals surface area contributed by atoms with Crippen molar-refractivity contribution in [2.24, 2.45) is 0 Å². The fourth-order valence-electron chi connectivity index (χ4n) is 1.76. The van der Waals surface area contributed by atoms with Gasteiger partial charge in [-0.1, -0.05) is 0 Å². The standard InChI is InChI=1S/C13H10BrN3O4/c1-21-13(18)9-6-10(14)16-12(11(9)15)7-2-4-8(5-3-7)17(19)20/h2-6H,15H2,1H3. The topological polar surface area (TPSA) is 108 Å². The van der Waals surface area contributed by atoms with Crippen LogP contribution in [0.5, 0.6) is 0 Å². The van der Waals surface area contributed by atoms with Gasteiger partial charge in [-0.05, 0) is 34.1 Å². The number of rotatable bonds is 3. The summed E-state index contributed by atoms with van der Waals surface area (Å²) in [5, 5.41) is 10.6. The van der Waals surface area contributed by atoms with E-state index < -0.39 is 10.9 Å². The Kier molecular flexibility index (Phi) is 4.18. The fourth-order valence-corrected chi connectivity index (χ4v) is 2.17. The van der Waals surface area contributed by atoms with Crippen LogP contribution in [-0.4, -0.2) is 23.0 Å². The average molecular weight is 352 g/mol. The Morgan fingerprint density at radius 1 is 1.38 bits per heavy atom. The van der Waals surface area contributed by atoms with E-state index in [1.54, 1.807) is 0 Å². The molecule has 0 radical (unpaired) electrons. The Bertz CT molecular complexity index is 716. The molecule has 0 spiro atoms. The lowest BCUT2D eigenvalue weighted by molar-refractivity contribution is -0.384. The molecule has 8 heteroatoms. The molecule has 2 N–H and O–H groups in total. The van der Waals surface area contributed by atoms with Crippen molar-refractivity contribution >= 4 is 33.3 Å². The number of nitrogens with zero attached hydrogens (tertiary/aromatic N) is 2. The molecular formula is C13H10BrN3O4. The summed E-state index contributed by atoms with van der Waals surface area (Å²) in [5.74, 6) is -0.584. The van der Waals surface area contributed by atoms with Gasteiger partial charge < -0.3 is 10.5 Å². The molecule has 21 heavy (non-hydrogen) atoms. The molecule has 1 heterocycles. The Morgan fingerprint density at radius 2 is 2.00 bits per heavy atom. The Balaban J connectivity index is 2.55. The molecule has 7 nitrogen and oxygen atoms in total.